The molecular formula is C12H11F3O2. The quantitative estimate of drug-likeness (QED) is 0.866. The molecule has 0 spiro atoms. The summed E-state index contributed by atoms with van der Waals surface area (Å²) in [6.07, 6.45) is -3.99. The number of benzene rings is 1. The fourth-order valence-corrected chi connectivity index (χ4v) is 2.02. The predicted molar refractivity (Wildman–Crippen MR) is 54.5 cm³/mol. The van der Waals surface area contributed by atoms with Gasteiger partial charge in [-0.25, -0.2) is 0 Å². The minimum Gasteiger partial charge on any atom is -0.481 e. The van der Waals surface area contributed by atoms with E-state index < -0.39 is 23.1 Å². The van der Waals surface area contributed by atoms with Gasteiger partial charge >= 0.3 is 12.1 Å². The van der Waals surface area contributed by atoms with Crippen LogP contribution in [0.3, 0.4) is 0 Å². The van der Waals surface area contributed by atoms with Crippen LogP contribution in [-0.4, -0.2) is 11.1 Å². The Morgan fingerprint density at radius 3 is 2.59 bits per heavy atom. The van der Waals surface area contributed by atoms with Crippen molar-refractivity contribution in [3.63, 3.8) is 0 Å². The van der Waals surface area contributed by atoms with E-state index in [1.54, 1.807) is 13.0 Å². The van der Waals surface area contributed by atoms with Crippen LogP contribution < -0.4 is 0 Å². The van der Waals surface area contributed by atoms with E-state index in [0.29, 0.717) is 12.0 Å². The molecule has 5 heteroatoms. The zero-order valence-corrected chi connectivity index (χ0v) is 9.08. The van der Waals surface area contributed by atoms with Crippen molar-refractivity contribution in [3.8, 4) is 0 Å². The molecule has 0 aromatic heterocycles. The van der Waals surface area contributed by atoms with Crippen molar-refractivity contribution in [2.45, 2.75) is 25.4 Å². The number of alkyl halides is 3. The number of carboxylic acid groups (broad SMARTS) is 1. The molecule has 1 aromatic rings. The monoisotopic (exact) mass is 244 g/mol. The SMILES string of the molecule is C[C@@]1(C(=O)O)C[C@H]1c1cccc(C(F)(F)F)c1. The van der Waals surface area contributed by atoms with Crippen molar-refractivity contribution < 1.29 is 23.1 Å². The van der Waals surface area contributed by atoms with Crippen LogP contribution in [0.1, 0.15) is 30.4 Å². The molecule has 17 heavy (non-hydrogen) atoms. The minimum absolute atomic E-state index is 0.317. The van der Waals surface area contributed by atoms with Crippen LogP contribution in [-0.2, 0) is 11.0 Å². The Morgan fingerprint density at radius 2 is 2.12 bits per heavy atom. The van der Waals surface area contributed by atoms with Gasteiger partial charge in [0.1, 0.15) is 0 Å². The molecule has 2 rings (SSSR count). The lowest BCUT2D eigenvalue weighted by Crippen LogP contribution is -2.12. The van der Waals surface area contributed by atoms with Gasteiger partial charge in [0.25, 0.3) is 0 Å². The Kier molecular flexibility index (Phi) is 2.45. The van der Waals surface area contributed by atoms with E-state index >= 15 is 0 Å². The van der Waals surface area contributed by atoms with E-state index in [1.165, 1.54) is 6.07 Å². The summed E-state index contributed by atoms with van der Waals surface area (Å²) in [5, 5.41) is 8.95. The van der Waals surface area contributed by atoms with Gasteiger partial charge < -0.3 is 5.11 Å². The maximum atomic E-state index is 12.5. The normalized spacial score (nSPS) is 27.9. The van der Waals surface area contributed by atoms with Gasteiger partial charge in [-0.1, -0.05) is 18.2 Å². The Morgan fingerprint density at radius 1 is 1.47 bits per heavy atom. The maximum absolute atomic E-state index is 12.5. The molecule has 2 nitrogen and oxygen atoms in total. The molecule has 0 aliphatic heterocycles. The van der Waals surface area contributed by atoms with Crippen molar-refractivity contribution in [2.24, 2.45) is 5.41 Å². The Bertz CT molecular complexity index is 467. The lowest BCUT2D eigenvalue weighted by Gasteiger charge is -2.09. The van der Waals surface area contributed by atoms with Gasteiger partial charge in [-0.15, -0.1) is 0 Å². The molecule has 92 valence electrons. The van der Waals surface area contributed by atoms with E-state index in [9.17, 15) is 18.0 Å². The van der Waals surface area contributed by atoms with E-state index in [4.69, 9.17) is 5.11 Å². The van der Waals surface area contributed by atoms with Gasteiger partial charge in [0.2, 0.25) is 0 Å². The van der Waals surface area contributed by atoms with Gasteiger partial charge in [-0.05, 0) is 25.0 Å². The first-order valence-corrected chi connectivity index (χ1v) is 5.16. The first-order valence-electron chi connectivity index (χ1n) is 5.16. The molecule has 0 amide bonds. The van der Waals surface area contributed by atoms with E-state index in [2.05, 4.69) is 0 Å². The molecule has 1 N–H and O–H groups in total. The van der Waals surface area contributed by atoms with Crippen LogP contribution in [0.15, 0.2) is 24.3 Å². The standard InChI is InChI=1S/C12H11F3O2/c1-11(10(16)17)6-9(11)7-3-2-4-8(5-7)12(13,14)15/h2-5,9H,6H2,1H3,(H,16,17)/t9-,11+/m0/s1. The molecule has 2 atom stereocenters. The molecule has 1 aliphatic rings. The molecule has 0 saturated heterocycles. The third-order valence-electron chi connectivity index (χ3n) is 3.34. The Hall–Kier alpha value is -1.52. The van der Waals surface area contributed by atoms with Crippen LogP contribution in [0, 0.1) is 5.41 Å². The fourth-order valence-electron chi connectivity index (χ4n) is 2.02. The summed E-state index contributed by atoms with van der Waals surface area (Å²) < 4.78 is 37.5. The van der Waals surface area contributed by atoms with Crippen LogP contribution in [0.2, 0.25) is 0 Å². The zero-order valence-electron chi connectivity index (χ0n) is 9.08. The summed E-state index contributed by atoms with van der Waals surface area (Å²) in [5.41, 5.74) is -1.19. The summed E-state index contributed by atoms with van der Waals surface area (Å²) in [7, 11) is 0. The van der Waals surface area contributed by atoms with Crippen molar-refractivity contribution in [1.82, 2.24) is 0 Å². The van der Waals surface area contributed by atoms with E-state index in [-0.39, 0.29) is 5.92 Å². The molecule has 0 bridgehead atoms. The summed E-state index contributed by atoms with van der Waals surface area (Å²) >= 11 is 0. The smallest absolute Gasteiger partial charge is 0.416 e. The summed E-state index contributed by atoms with van der Waals surface area (Å²) in [4.78, 5) is 10.9. The number of aliphatic carboxylic acids is 1. The number of hydrogen-bond donors (Lipinski definition) is 1. The Labute approximate surface area is 96.1 Å². The van der Waals surface area contributed by atoms with Crippen LogP contribution in [0.25, 0.3) is 0 Å². The predicted octanol–water partition coefficient (Wildman–Crippen LogP) is 3.28. The molecule has 1 fully saturated rings. The molecular weight excluding hydrogens is 233 g/mol. The van der Waals surface area contributed by atoms with E-state index in [0.717, 1.165) is 12.1 Å². The topological polar surface area (TPSA) is 37.3 Å². The van der Waals surface area contributed by atoms with Crippen LogP contribution >= 0.6 is 0 Å². The highest BCUT2D eigenvalue weighted by atomic mass is 19.4. The molecule has 0 radical (unpaired) electrons. The second-order valence-electron chi connectivity index (χ2n) is 4.60. The number of carbonyl (C=O) groups is 1. The summed E-state index contributed by atoms with van der Waals surface area (Å²) in [6, 6.07) is 4.90. The lowest BCUT2D eigenvalue weighted by molar-refractivity contribution is -0.142. The summed E-state index contributed by atoms with van der Waals surface area (Å²) in [6.45, 7) is 1.56. The fraction of sp³-hybridized carbons (Fsp3) is 0.417. The molecule has 1 aliphatic carbocycles. The average Bonchev–Trinajstić information content (AvgIpc) is 2.91. The summed E-state index contributed by atoms with van der Waals surface area (Å²) in [5.74, 6) is -1.28. The van der Waals surface area contributed by atoms with Gasteiger partial charge in [-0.2, -0.15) is 13.2 Å². The molecule has 0 heterocycles. The highest BCUT2D eigenvalue weighted by Crippen LogP contribution is 2.59. The lowest BCUT2D eigenvalue weighted by atomic mass is 9.99. The molecule has 1 saturated carbocycles. The number of rotatable bonds is 2. The second-order valence-corrected chi connectivity index (χ2v) is 4.60. The van der Waals surface area contributed by atoms with Gasteiger partial charge in [-0.3, -0.25) is 4.79 Å². The first-order chi connectivity index (χ1) is 7.75. The van der Waals surface area contributed by atoms with Crippen molar-refractivity contribution in [1.29, 1.82) is 0 Å². The third kappa shape index (κ3) is 2.01. The van der Waals surface area contributed by atoms with Gasteiger partial charge in [0.05, 0.1) is 11.0 Å². The number of hydrogen-bond acceptors (Lipinski definition) is 1. The number of carboxylic acids is 1. The highest BCUT2D eigenvalue weighted by molar-refractivity contribution is 5.80. The van der Waals surface area contributed by atoms with Crippen molar-refractivity contribution in [3.05, 3.63) is 35.4 Å². The van der Waals surface area contributed by atoms with Crippen molar-refractivity contribution >= 4 is 5.97 Å². The molecule has 1 aromatic carbocycles. The molecule has 0 unspecified atom stereocenters. The van der Waals surface area contributed by atoms with Gasteiger partial charge in [0.15, 0.2) is 0 Å². The first kappa shape index (κ1) is 12.0. The van der Waals surface area contributed by atoms with Crippen molar-refractivity contribution in [2.75, 3.05) is 0 Å². The Balaban J connectivity index is 2.28. The zero-order chi connectivity index (χ0) is 12.8. The van der Waals surface area contributed by atoms with E-state index in [1.807, 2.05) is 0 Å². The average molecular weight is 244 g/mol. The largest absolute Gasteiger partial charge is 0.481 e. The maximum Gasteiger partial charge on any atom is 0.416 e. The van der Waals surface area contributed by atoms with Gasteiger partial charge in [0, 0.05) is 5.92 Å². The third-order valence-corrected chi connectivity index (χ3v) is 3.34. The minimum atomic E-state index is -4.38. The second kappa shape index (κ2) is 3.48. The van der Waals surface area contributed by atoms with Crippen LogP contribution in [0.5, 0.6) is 0 Å². The van der Waals surface area contributed by atoms with Crippen LogP contribution in [0.4, 0.5) is 13.2 Å². The number of halogens is 3. The highest BCUT2D eigenvalue weighted by Gasteiger charge is 2.57.